The van der Waals surface area contributed by atoms with Crippen LogP contribution in [0.5, 0.6) is 0 Å². The Morgan fingerprint density at radius 3 is 2.78 bits per heavy atom. The van der Waals surface area contributed by atoms with Crippen LogP contribution in [0.25, 0.3) is 0 Å². The highest BCUT2D eigenvalue weighted by molar-refractivity contribution is 7.10. The van der Waals surface area contributed by atoms with E-state index in [1.165, 1.54) is 11.3 Å². The first-order valence-electron chi connectivity index (χ1n) is 6.01. The molecule has 0 saturated heterocycles. The van der Waals surface area contributed by atoms with Crippen molar-refractivity contribution >= 4 is 17.2 Å². The second-order valence-electron chi connectivity index (χ2n) is 4.66. The highest BCUT2D eigenvalue weighted by atomic mass is 32.1. The third-order valence-corrected chi connectivity index (χ3v) is 3.38. The van der Waals surface area contributed by atoms with Gasteiger partial charge in [-0.2, -0.15) is 5.26 Å². The Balaban J connectivity index is 2.34. The van der Waals surface area contributed by atoms with Gasteiger partial charge in [0.05, 0.1) is 11.6 Å². The molecule has 0 spiro atoms. The van der Waals surface area contributed by atoms with Crippen molar-refractivity contribution in [3.8, 4) is 6.07 Å². The molecule has 2 N–H and O–H groups in total. The molecule has 1 rings (SSSR count). The van der Waals surface area contributed by atoms with E-state index in [9.17, 15) is 4.79 Å². The Bertz CT molecular complexity index is 434. The first kappa shape index (κ1) is 14.7. The van der Waals surface area contributed by atoms with Gasteiger partial charge in [-0.1, -0.05) is 13.8 Å². The van der Waals surface area contributed by atoms with Crippen LogP contribution in [0.2, 0.25) is 0 Å². The Morgan fingerprint density at radius 1 is 1.50 bits per heavy atom. The minimum absolute atomic E-state index is 0.0146. The SMILES string of the molecule is CC(C)CNC(=O)C(C)NCc1cc(C#N)cs1. The Morgan fingerprint density at radius 2 is 2.22 bits per heavy atom. The molecule has 18 heavy (non-hydrogen) atoms. The summed E-state index contributed by atoms with van der Waals surface area (Å²) in [5.41, 5.74) is 0.675. The summed E-state index contributed by atoms with van der Waals surface area (Å²) in [6, 6.07) is 3.71. The average Bonchev–Trinajstić information content (AvgIpc) is 2.80. The molecule has 0 radical (unpaired) electrons. The van der Waals surface area contributed by atoms with Crippen molar-refractivity contribution in [1.82, 2.24) is 10.6 Å². The van der Waals surface area contributed by atoms with Crippen molar-refractivity contribution in [2.75, 3.05) is 6.54 Å². The summed E-state index contributed by atoms with van der Waals surface area (Å²) in [6.07, 6.45) is 0. The van der Waals surface area contributed by atoms with Crippen LogP contribution in [-0.4, -0.2) is 18.5 Å². The lowest BCUT2D eigenvalue weighted by molar-refractivity contribution is -0.122. The van der Waals surface area contributed by atoms with E-state index in [0.717, 1.165) is 4.88 Å². The van der Waals surface area contributed by atoms with E-state index in [1.54, 1.807) is 0 Å². The summed E-state index contributed by atoms with van der Waals surface area (Å²) >= 11 is 1.53. The Labute approximate surface area is 112 Å². The zero-order chi connectivity index (χ0) is 13.5. The maximum absolute atomic E-state index is 11.7. The third-order valence-electron chi connectivity index (χ3n) is 2.44. The van der Waals surface area contributed by atoms with Crippen LogP contribution in [0.3, 0.4) is 0 Å². The summed E-state index contributed by atoms with van der Waals surface area (Å²) in [6.45, 7) is 7.28. The molecule has 1 amide bonds. The summed E-state index contributed by atoms with van der Waals surface area (Å²) < 4.78 is 0. The van der Waals surface area contributed by atoms with E-state index < -0.39 is 0 Å². The van der Waals surface area contributed by atoms with Gasteiger partial charge in [0.1, 0.15) is 6.07 Å². The maximum atomic E-state index is 11.7. The number of carbonyl (C=O) groups is 1. The maximum Gasteiger partial charge on any atom is 0.236 e. The molecule has 1 atom stereocenters. The number of nitrogens with one attached hydrogen (secondary N) is 2. The third kappa shape index (κ3) is 4.86. The summed E-state index contributed by atoms with van der Waals surface area (Å²) in [5.74, 6) is 0.470. The molecule has 0 saturated carbocycles. The average molecular weight is 265 g/mol. The van der Waals surface area contributed by atoms with Crippen molar-refractivity contribution in [1.29, 1.82) is 5.26 Å². The molecule has 1 aromatic heterocycles. The fourth-order valence-corrected chi connectivity index (χ4v) is 2.10. The Hall–Kier alpha value is -1.38. The van der Waals surface area contributed by atoms with Gasteiger partial charge in [0.25, 0.3) is 0 Å². The minimum atomic E-state index is -0.226. The molecule has 1 aromatic rings. The van der Waals surface area contributed by atoms with Crippen molar-refractivity contribution in [3.63, 3.8) is 0 Å². The van der Waals surface area contributed by atoms with Gasteiger partial charge < -0.3 is 10.6 Å². The zero-order valence-corrected chi connectivity index (χ0v) is 11.8. The molecule has 0 aliphatic rings. The normalized spacial score (nSPS) is 12.2. The molecule has 5 heteroatoms. The molecule has 1 heterocycles. The number of carbonyl (C=O) groups excluding carboxylic acids is 1. The van der Waals surface area contributed by atoms with E-state index >= 15 is 0 Å². The number of hydrogen-bond donors (Lipinski definition) is 2. The van der Waals surface area contributed by atoms with Crippen molar-refractivity contribution in [3.05, 3.63) is 21.9 Å². The number of rotatable bonds is 6. The van der Waals surface area contributed by atoms with Gasteiger partial charge in [-0.3, -0.25) is 4.79 Å². The lowest BCUT2D eigenvalue weighted by atomic mass is 10.2. The predicted molar refractivity (Wildman–Crippen MR) is 73.2 cm³/mol. The summed E-state index contributed by atoms with van der Waals surface area (Å²) in [4.78, 5) is 12.8. The zero-order valence-electron chi connectivity index (χ0n) is 11.0. The van der Waals surface area contributed by atoms with Crippen LogP contribution in [-0.2, 0) is 11.3 Å². The second kappa shape index (κ2) is 7.14. The highest BCUT2D eigenvalue weighted by Gasteiger charge is 2.12. The minimum Gasteiger partial charge on any atom is -0.354 e. The summed E-state index contributed by atoms with van der Waals surface area (Å²) in [5, 5.41) is 16.6. The van der Waals surface area contributed by atoms with E-state index in [2.05, 4.69) is 30.6 Å². The van der Waals surface area contributed by atoms with Crippen LogP contribution in [0, 0.1) is 17.2 Å². The lowest BCUT2D eigenvalue weighted by Gasteiger charge is -2.14. The van der Waals surface area contributed by atoms with Gasteiger partial charge in [0.15, 0.2) is 0 Å². The summed E-state index contributed by atoms with van der Waals surface area (Å²) in [7, 11) is 0. The predicted octanol–water partition coefficient (Wildman–Crippen LogP) is 1.87. The fourth-order valence-electron chi connectivity index (χ4n) is 1.34. The fraction of sp³-hybridized carbons (Fsp3) is 0.538. The number of amides is 1. The lowest BCUT2D eigenvalue weighted by Crippen LogP contribution is -2.42. The van der Waals surface area contributed by atoms with E-state index in [-0.39, 0.29) is 11.9 Å². The molecule has 1 unspecified atom stereocenters. The number of thiophene rings is 1. The standard InChI is InChI=1S/C13H19N3OS/c1-9(2)6-16-13(17)10(3)15-7-12-4-11(5-14)8-18-12/h4,8-10,15H,6-7H2,1-3H3,(H,16,17). The van der Waals surface area contributed by atoms with Gasteiger partial charge in [-0.05, 0) is 18.9 Å². The van der Waals surface area contributed by atoms with Crippen LogP contribution in [0.15, 0.2) is 11.4 Å². The van der Waals surface area contributed by atoms with E-state index in [1.807, 2.05) is 18.4 Å². The topological polar surface area (TPSA) is 64.9 Å². The monoisotopic (exact) mass is 265 g/mol. The van der Waals surface area contributed by atoms with Crippen LogP contribution >= 0.6 is 11.3 Å². The van der Waals surface area contributed by atoms with Crippen molar-refractivity contribution in [2.24, 2.45) is 5.92 Å². The van der Waals surface area contributed by atoms with E-state index in [0.29, 0.717) is 24.6 Å². The first-order valence-corrected chi connectivity index (χ1v) is 6.89. The molecule has 0 fully saturated rings. The van der Waals surface area contributed by atoms with Crippen LogP contribution in [0.4, 0.5) is 0 Å². The van der Waals surface area contributed by atoms with Gasteiger partial charge in [-0.25, -0.2) is 0 Å². The molecular formula is C13H19N3OS. The van der Waals surface area contributed by atoms with Crippen molar-refractivity contribution in [2.45, 2.75) is 33.4 Å². The Kier molecular flexibility index (Phi) is 5.83. The molecule has 4 nitrogen and oxygen atoms in total. The number of nitrogens with zero attached hydrogens (tertiary/aromatic N) is 1. The van der Waals surface area contributed by atoms with Crippen LogP contribution in [0.1, 0.15) is 31.2 Å². The van der Waals surface area contributed by atoms with Gasteiger partial charge in [0.2, 0.25) is 5.91 Å². The first-order chi connectivity index (χ1) is 8.52. The van der Waals surface area contributed by atoms with Crippen LogP contribution < -0.4 is 10.6 Å². The molecule has 0 aliphatic heterocycles. The molecule has 0 bridgehead atoms. The highest BCUT2D eigenvalue weighted by Crippen LogP contribution is 2.13. The molecule has 98 valence electrons. The second-order valence-corrected chi connectivity index (χ2v) is 5.65. The smallest absolute Gasteiger partial charge is 0.236 e. The van der Waals surface area contributed by atoms with Gasteiger partial charge in [-0.15, -0.1) is 11.3 Å². The number of hydrogen-bond acceptors (Lipinski definition) is 4. The molecule has 0 aromatic carbocycles. The largest absolute Gasteiger partial charge is 0.354 e. The number of nitriles is 1. The molecular weight excluding hydrogens is 246 g/mol. The van der Waals surface area contributed by atoms with Gasteiger partial charge in [0, 0.05) is 23.3 Å². The van der Waals surface area contributed by atoms with E-state index in [4.69, 9.17) is 5.26 Å². The molecule has 0 aliphatic carbocycles. The van der Waals surface area contributed by atoms with Crippen molar-refractivity contribution < 1.29 is 4.79 Å². The van der Waals surface area contributed by atoms with Gasteiger partial charge >= 0.3 is 0 Å². The quantitative estimate of drug-likeness (QED) is 0.825.